The number of carboxylic acids is 1. The molecular weight excluding hydrogens is 192 g/mol. The number of fused-ring (bicyclic) bond motifs is 1. The van der Waals surface area contributed by atoms with E-state index in [4.69, 9.17) is 5.11 Å². The summed E-state index contributed by atoms with van der Waals surface area (Å²) in [6.07, 6.45) is 2.67. The lowest BCUT2D eigenvalue weighted by Gasteiger charge is -2.10. The van der Waals surface area contributed by atoms with Gasteiger partial charge in [-0.05, 0) is 42.2 Å². The van der Waals surface area contributed by atoms with Crippen LogP contribution in [0.5, 0.6) is 5.75 Å². The highest BCUT2D eigenvalue weighted by molar-refractivity contribution is 5.89. The first-order valence-corrected chi connectivity index (χ1v) is 4.84. The third-order valence-electron chi connectivity index (χ3n) is 2.78. The van der Waals surface area contributed by atoms with Crippen LogP contribution in [-0.2, 0) is 11.2 Å². The van der Waals surface area contributed by atoms with Crippen LogP contribution in [0.1, 0.15) is 18.1 Å². The number of carbonyl (C=O) groups is 1. The van der Waals surface area contributed by atoms with Crippen molar-refractivity contribution in [3.63, 3.8) is 0 Å². The zero-order valence-electron chi connectivity index (χ0n) is 8.40. The molecule has 3 nitrogen and oxygen atoms in total. The quantitative estimate of drug-likeness (QED) is 0.775. The maximum atomic E-state index is 10.9. The summed E-state index contributed by atoms with van der Waals surface area (Å²) >= 11 is 0. The topological polar surface area (TPSA) is 57.5 Å². The first kappa shape index (κ1) is 9.77. The summed E-state index contributed by atoms with van der Waals surface area (Å²) in [5.74, 6) is -1.18. The standard InChI is InChI=1S/C12H12O3/c1-7(12(14)15)10-5-3-8-2-4-9(13)6-11(8)10/h2,4-7,13H,3H2,1H3,(H,14,15). The third kappa shape index (κ3) is 1.61. The van der Waals surface area contributed by atoms with E-state index in [1.807, 2.05) is 12.1 Å². The van der Waals surface area contributed by atoms with E-state index in [1.54, 1.807) is 19.1 Å². The van der Waals surface area contributed by atoms with Gasteiger partial charge in [0.25, 0.3) is 0 Å². The van der Waals surface area contributed by atoms with Gasteiger partial charge in [-0.15, -0.1) is 0 Å². The van der Waals surface area contributed by atoms with Crippen LogP contribution in [0.25, 0.3) is 5.57 Å². The Morgan fingerprint density at radius 1 is 1.47 bits per heavy atom. The van der Waals surface area contributed by atoms with Crippen LogP contribution in [0.2, 0.25) is 0 Å². The molecule has 0 fully saturated rings. The van der Waals surface area contributed by atoms with Crippen molar-refractivity contribution in [1.82, 2.24) is 0 Å². The van der Waals surface area contributed by atoms with Gasteiger partial charge < -0.3 is 10.2 Å². The van der Waals surface area contributed by atoms with Crippen LogP contribution in [0.3, 0.4) is 0 Å². The largest absolute Gasteiger partial charge is 0.508 e. The fourth-order valence-electron chi connectivity index (χ4n) is 1.88. The summed E-state index contributed by atoms with van der Waals surface area (Å²) in [5, 5.41) is 18.3. The molecule has 0 amide bonds. The van der Waals surface area contributed by atoms with E-state index < -0.39 is 11.9 Å². The van der Waals surface area contributed by atoms with Crippen molar-refractivity contribution < 1.29 is 15.0 Å². The van der Waals surface area contributed by atoms with E-state index in [-0.39, 0.29) is 5.75 Å². The molecule has 3 heteroatoms. The lowest BCUT2D eigenvalue weighted by atomic mass is 9.95. The van der Waals surface area contributed by atoms with Gasteiger partial charge in [0.2, 0.25) is 0 Å². The van der Waals surface area contributed by atoms with Gasteiger partial charge in [0.15, 0.2) is 0 Å². The number of hydrogen-bond acceptors (Lipinski definition) is 2. The molecular formula is C12H12O3. The van der Waals surface area contributed by atoms with Crippen LogP contribution in [0.4, 0.5) is 0 Å². The average Bonchev–Trinajstić information content (AvgIpc) is 2.59. The first-order valence-electron chi connectivity index (χ1n) is 4.84. The van der Waals surface area contributed by atoms with Gasteiger partial charge in [-0.25, -0.2) is 0 Å². The highest BCUT2D eigenvalue weighted by Gasteiger charge is 2.23. The van der Waals surface area contributed by atoms with Crippen LogP contribution >= 0.6 is 0 Å². The van der Waals surface area contributed by atoms with Crippen LogP contribution in [0.15, 0.2) is 24.3 Å². The minimum absolute atomic E-state index is 0.180. The molecule has 0 heterocycles. The van der Waals surface area contributed by atoms with Crippen molar-refractivity contribution in [3.8, 4) is 5.75 Å². The Balaban J connectivity index is 2.42. The minimum atomic E-state index is -0.836. The second-order valence-electron chi connectivity index (χ2n) is 3.76. The average molecular weight is 204 g/mol. The number of aromatic hydroxyl groups is 1. The Morgan fingerprint density at radius 3 is 2.87 bits per heavy atom. The third-order valence-corrected chi connectivity index (χ3v) is 2.78. The second kappa shape index (κ2) is 3.42. The number of phenolic OH excluding ortho intramolecular Hbond substituents is 1. The Bertz CT molecular complexity index is 446. The van der Waals surface area contributed by atoms with Gasteiger partial charge in [0, 0.05) is 0 Å². The summed E-state index contributed by atoms with van der Waals surface area (Å²) < 4.78 is 0. The van der Waals surface area contributed by atoms with Gasteiger partial charge in [0.05, 0.1) is 5.92 Å². The lowest BCUT2D eigenvalue weighted by molar-refractivity contribution is -0.139. The highest BCUT2D eigenvalue weighted by atomic mass is 16.4. The van der Waals surface area contributed by atoms with E-state index in [0.717, 1.165) is 23.1 Å². The van der Waals surface area contributed by atoms with Gasteiger partial charge in [-0.3, -0.25) is 4.79 Å². The monoisotopic (exact) mass is 204 g/mol. The number of rotatable bonds is 2. The predicted molar refractivity (Wildman–Crippen MR) is 56.6 cm³/mol. The van der Waals surface area contributed by atoms with Gasteiger partial charge >= 0.3 is 5.97 Å². The molecule has 0 aromatic heterocycles. The number of hydrogen-bond donors (Lipinski definition) is 2. The molecule has 1 aliphatic carbocycles. The fourth-order valence-corrected chi connectivity index (χ4v) is 1.88. The minimum Gasteiger partial charge on any atom is -0.508 e. The molecule has 0 bridgehead atoms. The van der Waals surface area contributed by atoms with Crippen molar-refractivity contribution in [2.45, 2.75) is 13.3 Å². The number of allylic oxidation sites excluding steroid dienone is 1. The molecule has 1 unspecified atom stereocenters. The van der Waals surface area contributed by atoms with E-state index in [1.165, 1.54) is 0 Å². The van der Waals surface area contributed by atoms with Crippen LogP contribution < -0.4 is 0 Å². The van der Waals surface area contributed by atoms with Crippen molar-refractivity contribution >= 4 is 11.5 Å². The molecule has 0 aliphatic heterocycles. The second-order valence-corrected chi connectivity index (χ2v) is 3.76. The molecule has 0 spiro atoms. The number of carboxylic acid groups (broad SMARTS) is 1. The molecule has 1 aromatic rings. The van der Waals surface area contributed by atoms with Gasteiger partial charge in [-0.1, -0.05) is 12.1 Å². The van der Waals surface area contributed by atoms with Gasteiger partial charge in [-0.2, -0.15) is 0 Å². The van der Waals surface area contributed by atoms with Crippen molar-refractivity contribution in [2.24, 2.45) is 5.92 Å². The Kier molecular flexibility index (Phi) is 2.23. The zero-order valence-corrected chi connectivity index (χ0v) is 8.40. The maximum Gasteiger partial charge on any atom is 0.310 e. The number of aliphatic carboxylic acids is 1. The van der Waals surface area contributed by atoms with E-state index in [9.17, 15) is 9.90 Å². The predicted octanol–water partition coefficient (Wildman–Crippen LogP) is 2.05. The summed E-state index contributed by atoms with van der Waals surface area (Å²) in [7, 11) is 0. The molecule has 1 aliphatic rings. The zero-order chi connectivity index (χ0) is 11.0. The van der Waals surface area contributed by atoms with Crippen molar-refractivity contribution in [3.05, 3.63) is 35.4 Å². The molecule has 0 saturated carbocycles. The molecule has 0 radical (unpaired) electrons. The maximum absolute atomic E-state index is 10.9. The number of benzene rings is 1. The smallest absolute Gasteiger partial charge is 0.310 e. The first-order chi connectivity index (χ1) is 7.09. The van der Waals surface area contributed by atoms with Gasteiger partial charge in [0.1, 0.15) is 5.75 Å². The summed E-state index contributed by atoms with van der Waals surface area (Å²) in [5.41, 5.74) is 2.74. The molecule has 15 heavy (non-hydrogen) atoms. The van der Waals surface area contributed by atoms with Crippen LogP contribution in [0, 0.1) is 5.92 Å². The van der Waals surface area contributed by atoms with E-state index >= 15 is 0 Å². The van der Waals surface area contributed by atoms with Crippen molar-refractivity contribution in [1.29, 1.82) is 0 Å². The SMILES string of the molecule is CC(C(=O)O)C1=CCc2ccc(O)cc21. The molecule has 1 aromatic carbocycles. The summed E-state index contributed by atoms with van der Waals surface area (Å²) in [6, 6.07) is 5.09. The highest BCUT2D eigenvalue weighted by Crippen LogP contribution is 2.34. The summed E-state index contributed by atoms with van der Waals surface area (Å²) in [4.78, 5) is 10.9. The van der Waals surface area contributed by atoms with E-state index in [0.29, 0.717) is 0 Å². The van der Waals surface area contributed by atoms with Crippen LogP contribution in [-0.4, -0.2) is 16.2 Å². The molecule has 2 N–H and O–H groups in total. The molecule has 1 atom stereocenters. The molecule has 0 saturated heterocycles. The lowest BCUT2D eigenvalue weighted by Crippen LogP contribution is -2.10. The Morgan fingerprint density at radius 2 is 2.20 bits per heavy atom. The number of phenols is 1. The Labute approximate surface area is 87.7 Å². The Hall–Kier alpha value is -1.77. The van der Waals surface area contributed by atoms with E-state index in [2.05, 4.69) is 0 Å². The molecule has 78 valence electrons. The fraction of sp³-hybridized carbons (Fsp3) is 0.250. The molecule has 2 rings (SSSR count). The summed E-state index contributed by atoms with van der Waals surface area (Å²) in [6.45, 7) is 1.66. The van der Waals surface area contributed by atoms with Crippen molar-refractivity contribution in [2.75, 3.05) is 0 Å². The normalized spacial score (nSPS) is 15.7.